The van der Waals surface area contributed by atoms with E-state index in [1.165, 1.54) is 20.8 Å². The van der Waals surface area contributed by atoms with Crippen molar-refractivity contribution < 1.29 is 62.9 Å². The SMILES string of the molecule is CC(O)O.CC(O)O.CC(O)O.[O]=[U]=[O]. The van der Waals surface area contributed by atoms with E-state index in [1.807, 2.05) is 0 Å². The predicted molar refractivity (Wildman–Crippen MR) is 43.1 cm³/mol. The molecule has 0 aromatic heterocycles. The average Bonchev–Trinajstić information content (AvgIpc) is 1.81. The number of hydrogen-bond acceptors (Lipinski definition) is 8. The van der Waals surface area contributed by atoms with E-state index in [-0.39, 0.29) is 0 Å². The van der Waals surface area contributed by atoms with Gasteiger partial charge in [-0.3, -0.25) is 0 Å². The van der Waals surface area contributed by atoms with Crippen molar-refractivity contribution in [2.24, 2.45) is 0 Å². The first-order valence-corrected chi connectivity index (χ1v) is 7.09. The molecular weight excluding hydrogens is 438 g/mol. The second kappa shape index (κ2) is 23.9. The normalized spacial score (nSPS) is 7.73. The van der Waals surface area contributed by atoms with Crippen molar-refractivity contribution in [3.05, 3.63) is 0 Å². The first-order chi connectivity index (χ1) is 6.61. The van der Waals surface area contributed by atoms with Crippen LogP contribution in [0.5, 0.6) is 0 Å². The van der Waals surface area contributed by atoms with Crippen LogP contribution in [-0.2, 0) is 4.47 Å². The Morgan fingerprint density at radius 2 is 0.667 bits per heavy atom. The molecule has 0 fully saturated rings. The first kappa shape index (κ1) is 24.6. The predicted octanol–water partition coefficient (Wildman–Crippen LogP) is -2.29. The van der Waals surface area contributed by atoms with Gasteiger partial charge >= 0.3 is 32.3 Å². The zero-order valence-corrected chi connectivity index (χ0v) is 12.9. The van der Waals surface area contributed by atoms with E-state index in [2.05, 4.69) is 0 Å². The molecule has 0 rings (SSSR count). The molecule has 8 nitrogen and oxygen atoms in total. The van der Waals surface area contributed by atoms with Crippen molar-refractivity contribution >= 4 is 0 Å². The van der Waals surface area contributed by atoms with Gasteiger partial charge in [-0.05, 0) is 20.8 Å². The summed E-state index contributed by atoms with van der Waals surface area (Å²) in [5.41, 5.74) is 0. The maximum atomic E-state index is 8.58. The minimum absolute atomic E-state index is 1.17. The molecule has 94 valence electrons. The Morgan fingerprint density at radius 3 is 0.667 bits per heavy atom. The molecule has 0 saturated heterocycles. The van der Waals surface area contributed by atoms with Crippen molar-refractivity contribution in [1.29, 1.82) is 0 Å². The van der Waals surface area contributed by atoms with Gasteiger partial charge in [0, 0.05) is 0 Å². The standard InChI is InChI=1S/3C2H6O2.2O.U/c3*1-2(3)4;;;/h3*2-4H,1H3;;;. The summed E-state index contributed by atoms with van der Waals surface area (Å²) in [6.45, 7) is 3.83. The van der Waals surface area contributed by atoms with E-state index in [4.69, 9.17) is 35.1 Å². The average molecular weight is 456 g/mol. The minimum atomic E-state index is -2.51. The second-order valence-corrected chi connectivity index (χ2v) is 2.67. The van der Waals surface area contributed by atoms with Crippen molar-refractivity contribution in [2.75, 3.05) is 0 Å². The molecule has 0 spiro atoms. The third-order valence-corrected chi connectivity index (χ3v) is 0. The molecule has 0 unspecified atom stereocenters. The fourth-order valence-electron chi connectivity index (χ4n) is 0. The van der Waals surface area contributed by atoms with Gasteiger partial charge in [-0.25, -0.2) is 0 Å². The quantitative estimate of drug-likeness (QED) is 0.223. The monoisotopic (exact) mass is 456 g/mol. The molecular formula is C6H18O8U. The summed E-state index contributed by atoms with van der Waals surface area (Å²) >= 11 is -2.51. The zero-order valence-electron chi connectivity index (χ0n) is 8.73. The van der Waals surface area contributed by atoms with E-state index in [9.17, 15) is 0 Å². The van der Waals surface area contributed by atoms with E-state index >= 15 is 0 Å². The number of rotatable bonds is 0. The van der Waals surface area contributed by atoms with Gasteiger partial charge in [0.1, 0.15) is 18.9 Å². The molecule has 0 bridgehead atoms. The van der Waals surface area contributed by atoms with Crippen molar-refractivity contribution in [1.82, 2.24) is 0 Å². The van der Waals surface area contributed by atoms with E-state index in [0.717, 1.165) is 0 Å². The summed E-state index contributed by atoms with van der Waals surface area (Å²) in [7, 11) is 0. The van der Waals surface area contributed by atoms with Crippen LogP contribution in [0.2, 0.25) is 0 Å². The van der Waals surface area contributed by atoms with Crippen LogP contribution in [0.25, 0.3) is 0 Å². The van der Waals surface area contributed by atoms with Crippen LogP contribution in [0.4, 0.5) is 0 Å². The van der Waals surface area contributed by atoms with E-state index < -0.39 is 46.7 Å². The van der Waals surface area contributed by atoms with Crippen LogP contribution >= 0.6 is 0 Å². The molecule has 0 saturated carbocycles. The number of aliphatic hydroxyl groups is 6. The first-order valence-electron chi connectivity index (χ1n) is 3.69. The molecule has 0 aromatic rings. The zero-order chi connectivity index (χ0) is 13.4. The van der Waals surface area contributed by atoms with Gasteiger partial charge in [-0.15, -0.1) is 0 Å². The molecule has 0 aliphatic heterocycles. The van der Waals surface area contributed by atoms with Gasteiger partial charge in [0.25, 0.3) is 0 Å². The summed E-state index contributed by atoms with van der Waals surface area (Å²) in [4.78, 5) is 0. The molecule has 0 heterocycles. The van der Waals surface area contributed by atoms with E-state index in [1.54, 1.807) is 0 Å². The van der Waals surface area contributed by atoms with Gasteiger partial charge in [0.15, 0.2) is 0 Å². The Balaban J connectivity index is -0.0000000542. The van der Waals surface area contributed by atoms with Gasteiger partial charge < -0.3 is 30.6 Å². The number of aliphatic hydroxyl groups excluding tert-OH is 3. The molecule has 0 amide bonds. The van der Waals surface area contributed by atoms with Crippen molar-refractivity contribution in [3.63, 3.8) is 0 Å². The van der Waals surface area contributed by atoms with Crippen LogP contribution in [0, 0.1) is 27.8 Å². The van der Waals surface area contributed by atoms with Crippen molar-refractivity contribution in [2.45, 2.75) is 39.6 Å². The van der Waals surface area contributed by atoms with Crippen molar-refractivity contribution in [3.8, 4) is 0 Å². The van der Waals surface area contributed by atoms with Gasteiger partial charge in [0.05, 0.1) is 0 Å². The second-order valence-electron chi connectivity index (χ2n) is 1.98. The maximum absolute atomic E-state index is 8.58. The molecule has 0 atom stereocenters. The summed E-state index contributed by atoms with van der Waals surface area (Å²) < 4.78 is 17.2. The Morgan fingerprint density at radius 1 is 0.667 bits per heavy atom. The fourth-order valence-corrected chi connectivity index (χ4v) is 0. The summed E-state index contributed by atoms with van der Waals surface area (Å²) in [6.07, 6.45) is -3.50. The number of hydrogen-bond donors (Lipinski definition) is 6. The van der Waals surface area contributed by atoms with Gasteiger partial charge in [-0.1, -0.05) is 0 Å². The molecule has 15 heavy (non-hydrogen) atoms. The van der Waals surface area contributed by atoms with Crippen LogP contribution < -0.4 is 0 Å². The Hall–Kier alpha value is 0.412. The Kier molecular flexibility index (Phi) is 39.2. The molecule has 0 aliphatic rings. The van der Waals surface area contributed by atoms with Crippen LogP contribution in [0.15, 0.2) is 0 Å². The van der Waals surface area contributed by atoms with Crippen LogP contribution in [-0.4, -0.2) is 49.5 Å². The molecule has 0 radical (unpaired) electrons. The Labute approximate surface area is 102 Å². The van der Waals surface area contributed by atoms with Crippen LogP contribution in [0.1, 0.15) is 20.8 Å². The molecule has 0 aliphatic carbocycles. The van der Waals surface area contributed by atoms with E-state index in [0.29, 0.717) is 0 Å². The third kappa shape index (κ3) is 13100. The molecule has 0 aromatic carbocycles. The molecule has 9 heteroatoms. The molecule has 6 N–H and O–H groups in total. The summed E-state index contributed by atoms with van der Waals surface area (Å²) in [5.74, 6) is 0. The Bertz CT molecular complexity index is 97.8. The third-order valence-electron chi connectivity index (χ3n) is 0. The van der Waals surface area contributed by atoms with Gasteiger partial charge in [-0.2, -0.15) is 0 Å². The summed E-state index contributed by atoms with van der Waals surface area (Å²) in [5, 5.41) is 45.7. The fraction of sp³-hybridized carbons (Fsp3) is 1.00. The topological polar surface area (TPSA) is 156 Å². The van der Waals surface area contributed by atoms with Crippen LogP contribution in [0.3, 0.4) is 0 Å². The van der Waals surface area contributed by atoms with Gasteiger partial charge in [0.2, 0.25) is 0 Å². The summed E-state index contributed by atoms with van der Waals surface area (Å²) in [6, 6.07) is 0.